The Morgan fingerprint density at radius 1 is 1.00 bits per heavy atom. The molecule has 0 aromatic heterocycles. The van der Waals surface area contributed by atoms with E-state index in [9.17, 15) is 4.79 Å². The first kappa shape index (κ1) is 18.7. The van der Waals surface area contributed by atoms with Crippen molar-refractivity contribution in [2.45, 2.75) is 13.8 Å². The molecule has 3 rings (SSSR count). The highest BCUT2D eigenvalue weighted by Gasteiger charge is 2.24. The van der Waals surface area contributed by atoms with Gasteiger partial charge in [0.25, 0.3) is 5.91 Å². The molecule has 1 fully saturated rings. The Balaban J connectivity index is 1.58. The average molecular weight is 388 g/mol. The summed E-state index contributed by atoms with van der Waals surface area (Å²) in [5, 5.41) is 4.50. The van der Waals surface area contributed by atoms with Gasteiger partial charge in [0, 0.05) is 31.9 Å². The highest BCUT2D eigenvalue weighted by Crippen LogP contribution is 2.19. The van der Waals surface area contributed by atoms with Crippen LogP contribution < -0.4 is 5.32 Å². The van der Waals surface area contributed by atoms with E-state index in [1.165, 1.54) is 11.1 Å². The van der Waals surface area contributed by atoms with Crippen LogP contribution in [-0.4, -0.2) is 47.0 Å². The molecule has 4 nitrogen and oxygen atoms in total. The summed E-state index contributed by atoms with van der Waals surface area (Å²) in [5.41, 5.74) is 3.96. The van der Waals surface area contributed by atoms with Crippen LogP contribution in [0.15, 0.2) is 42.5 Å². The summed E-state index contributed by atoms with van der Waals surface area (Å²) >= 11 is 11.7. The van der Waals surface area contributed by atoms with Crippen LogP contribution in [0.5, 0.6) is 0 Å². The normalized spacial score (nSPS) is 14.3. The number of halogens is 1. The molecule has 0 bridgehead atoms. The average Bonchev–Trinajstić information content (AvgIpc) is 2.61. The lowest BCUT2D eigenvalue weighted by Gasteiger charge is -2.36. The fourth-order valence-corrected chi connectivity index (χ4v) is 3.68. The molecule has 1 saturated heterocycles. The van der Waals surface area contributed by atoms with Gasteiger partial charge in [0.2, 0.25) is 0 Å². The maximum absolute atomic E-state index is 12.6. The third kappa shape index (κ3) is 4.34. The number of nitrogens with zero attached hydrogens (tertiary/aromatic N) is 2. The lowest BCUT2D eigenvalue weighted by atomic mass is 10.1. The van der Waals surface area contributed by atoms with Gasteiger partial charge in [-0.3, -0.25) is 4.79 Å². The number of anilines is 1. The molecule has 2 aromatic rings. The summed E-state index contributed by atoms with van der Waals surface area (Å²) in [7, 11) is 0. The number of carbonyl (C=O) groups excluding carboxylic acids is 1. The van der Waals surface area contributed by atoms with Crippen molar-refractivity contribution in [3.63, 3.8) is 0 Å². The third-order valence-electron chi connectivity index (χ3n) is 4.43. The number of piperazine rings is 1. The molecule has 2 aromatic carbocycles. The summed E-state index contributed by atoms with van der Waals surface area (Å²) < 4.78 is 0. The summed E-state index contributed by atoms with van der Waals surface area (Å²) in [6.45, 7) is 6.79. The molecular weight excluding hydrogens is 366 g/mol. The maximum Gasteiger partial charge on any atom is 0.255 e. The Morgan fingerprint density at radius 3 is 2.19 bits per heavy atom. The lowest BCUT2D eigenvalue weighted by Crippen LogP contribution is -2.51. The van der Waals surface area contributed by atoms with Gasteiger partial charge in [-0.25, -0.2) is 0 Å². The van der Waals surface area contributed by atoms with E-state index >= 15 is 0 Å². The van der Waals surface area contributed by atoms with E-state index in [0.29, 0.717) is 41.9 Å². The summed E-state index contributed by atoms with van der Waals surface area (Å²) in [6.07, 6.45) is 0. The van der Waals surface area contributed by atoms with Crippen molar-refractivity contribution < 1.29 is 4.79 Å². The van der Waals surface area contributed by atoms with E-state index in [2.05, 4.69) is 42.3 Å². The van der Waals surface area contributed by atoms with Crippen molar-refractivity contribution in [2.24, 2.45) is 0 Å². The summed E-state index contributed by atoms with van der Waals surface area (Å²) in [4.78, 5) is 16.6. The van der Waals surface area contributed by atoms with Gasteiger partial charge in [0.1, 0.15) is 0 Å². The smallest absolute Gasteiger partial charge is 0.255 e. The number of rotatable bonds is 2. The zero-order valence-electron chi connectivity index (χ0n) is 15.0. The van der Waals surface area contributed by atoms with Crippen LogP contribution >= 0.6 is 23.8 Å². The topological polar surface area (TPSA) is 35.6 Å². The molecule has 0 atom stereocenters. The molecule has 1 aliphatic rings. The van der Waals surface area contributed by atoms with Crippen molar-refractivity contribution in [3.8, 4) is 0 Å². The fraction of sp³-hybridized carbons (Fsp3) is 0.300. The highest BCUT2D eigenvalue weighted by molar-refractivity contribution is 7.80. The lowest BCUT2D eigenvalue weighted by molar-refractivity contribution is 0.0693. The van der Waals surface area contributed by atoms with Crippen molar-refractivity contribution >= 4 is 40.5 Å². The van der Waals surface area contributed by atoms with Crippen LogP contribution in [0, 0.1) is 13.8 Å². The van der Waals surface area contributed by atoms with Crippen molar-refractivity contribution in [1.29, 1.82) is 0 Å². The van der Waals surface area contributed by atoms with Gasteiger partial charge < -0.3 is 15.1 Å². The molecule has 6 heteroatoms. The first-order valence-corrected chi connectivity index (χ1v) is 9.40. The van der Waals surface area contributed by atoms with Gasteiger partial charge in [0.05, 0.1) is 10.6 Å². The number of aryl methyl sites for hydroxylation is 2. The van der Waals surface area contributed by atoms with Gasteiger partial charge in [-0.15, -0.1) is 0 Å². The summed E-state index contributed by atoms with van der Waals surface area (Å²) in [6, 6.07) is 13.5. The van der Waals surface area contributed by atoms with Crippen molar-refractivity contribution in [3.05, 3.63) is 64.2 Å². The Morgan fingerprint density at radius 2 is 1.58 bits per heavy atom. The monoisotopic (exact) mass is 387 g/mol. The van der Waals surface area contributed by atoms with Crippen LogP contribution in [0.2, 0.25) is 5.02 Å². The van der Waals surface area contributed by atoms with Gasteiger partial charge in [-0.05, 0) is 61.5 Å². The Labute approximate surface area is 164 Å². The Kier molecular flexibility index (Phi) is 5.79. The molecule has 0 unspecified atom stereocenters. The van der Waals surface area contributed by atoms with Gasteiger partial charge in [-0.1, -0.05) is 29.8 Å². The van der Waals surface area contributed by atoms with Crippen LogP contribution in [0.3, 0.4) is 0 Å². The number of hydrogen-bond donors (Lipinski definition) is 1. The molecule has 0 saturated carbocycles. The molecule has 0 spiro atoms. The highest BCUT2D eigenvalue weighted by atomic mass is 35.5. The number of nitrogens with one attached hydrogen (secondary N) is 1. The minimum atomic E-state index is -0.0246. The zero-order valence-corrected chi connectivity index (χ0v) is 16.5. The molecule has 136 valence electrons. The molecule has 1 heterocycles. The number of benzene rings is 2. The second-order valence-electron chi connectivity index (χ2n) is 6.57. The van der Waals surface area contributed by atoms with Crippen molar-refractivity contribution in [1.82, 2.24) is 9.80 Å². The molecule has 0 aliphatic carbocycles. The van der Waals surface area contributed by atoms with Gasteiger partial charge in [-0.2, -0.15) is 0 Å². The largest absolute Gasteiger partial charge is 0.345 e. The first-order valence-electron chi connectivity index (χ1n) is 8.62. The van der Waals surface area contributed by atoms with Crippen LogP contribution in [0.25, 0.3) is 0 Å². The predicted molar refractivity (Wildman–Crippen MR) is 111 cm³/mol. The maximum atomic E-state index is 12.6. The Bertz CT molecular complexity index is 811. The number of hydrogen-bond acceptors (Lipinski definition) is 2. The second-order valence-corrected chi connectivity index (χ2v) is 7.36. The number of thiocarbonyl (C=S) groups is 1. The molecular formula is C20H22ClN3OS. The number of carbonyl (C=O) groups is 1. The van der Waals surface area contributed by atoms with Crippen molar-refractivity contribution in [2.75, 3.05) is 31.5 Å². The molecule has 1 amide bonds. The van der Waals surface area contributed by atoms with E-state index in [-0.39, 0.29) is 5.91 Å². The van der Waals surface area contributed by atoms with E-state index in [1.807, 2.05) is 17.0 Å². The fourth-order valence-electron chi connectivity index (χ4n) is 3.17. The van der Waals surface area contributed by atoms with E-state index in [0.717, 1.165) is 5.69 Å². The predicted octanol–water partition coefficient (Wildman–Crippen LogP) is 4.11. The van der Waals surface area contributed by atoms with Gasteiger partial charge >= 0.3 is 0 Å². The van der Waals surface area contributed by atoms with Crippen LogP contribution in [0.4, 0.5) is 5.69 Å². The molecule has 26 heavy (non-hydrogen) atoms. The zero-order chi connectivity index (χ0) is 18.7. The van der Waals surface area contributed by atoms with Crippen LogP contribution in [0.1, 0.15) is 21.5 Å². The standard InChI is InChI=1S/C20H22ClN3OS/c1-14-11-15(2)13-16(12-14)22-20(26)24-9-7-23(8-10-24)19(25)17-5-3-4-6-18(17)21/h3-6,11-13H,7-10H2,1-2H3,(H,22,26). The number of amides is 1. The molecule has 0 radical (unpaired) electrons. The quantitative estimate of drug-likeness (QED) is 0.786. The molecule has 1 N–H and O–H groups in total. The summed E-state index contributed by atoms with van der Waals surface area (Å²) in [5.74, 6) is -0.0246. The Hall–Kier alpha value is -2.11. The minimum absolute atomic E-state index is 0.0246. The SMILES string of the molecule is Cc1cc(C)cc(NC(=S)N2CCN(C(=O)c3ccccc3Cl)CC2)c1. The van der Waals surface area contributed by atoms with Gasteiger partial charge in [0.15, 0.2) is 5.11 Å². The molecule has 1 aliphatic heterocycles. The third-order valence-corrected chi connectivity index (χ3v) is 5.12. The minimum Gasteiger partial charge on any atom is -0.345 e. The first-order chi connectivity index (χ1) is 12.4. The van der Waals surface area contributed by atoms with Crippen LogP contribution in [-0.2, 0) is 0 Å². The second kappa shape index (κ2) is 8.06. The van der Waals surface area contributed by atoms with E-state index in [1.54, 1.807) is 12.1 Å². The van der Waals surface area contributed by atoms with E-state index in [4.69, 9.17) is 23.8 Å². The van der Waals surface area contributed by atoms with E-state index < -0.39 is 0 Å².